The number of likely N-dealkylation sites (tertiary alicyclic amines) is 1. The predicted octanol–water partition coefficient (Wildman–Crippen LogP) is 2.74. The van der Waals surface area contributed by atoms with Gasteiger partial charge < -0.3 is 19.1 Å². The summed E-state index contributed by atoms with van der Waals surface area (Å²) >= 11 is 0. The van der Waals surface area contributed by atoms with Crippen molar-refractivity contribution in [1.82, 2.24) is 4.90 Å². The number of sulfonamides is 1. The third-order valence-electron chi connectivity index (χ3n) is 5.67. The lowest BCUT2D eigenvalue weighted by molar-refractivity contribution is -0.139. The lowest BCUT2D eigenvalue weighted by atomic mass is 9.97. The molecule has 9 nitrogen and oxygen atoms in total. The highest BCUT2D eigenvalue weighted by Crippen LogP contribution is 2.23. The van der Waals surface area contributed by atoms with Gasteiger partial charge in [-0.1, -0.05) is 0 Å². The Hall–Kier alpha value is -3.11. The lowest BCUT2D eigenvalue weighted by Crippen LogP contribution is -2.49. The Bertz CT molecular complexity index is 1080. The lowest BCUT2D eigenvalue weighted by Gasteiger charge is -2.38. The van der Waals surface area contributed by atoms with Crippen LogP contribution in [-0.2, 0) is 19.6 Å². The third kappa shape index (κ3) is 6.94. The Morgan fingerprint density at radius 1 is 0.912 bits per heavy atom. The molecule has 0 aromatic heterocycles. The van der Waals surface area contributed by atoms with Crippen molar-refractivity contribution < 1.29 is 32.2 Å². The van der Waals surface area contributed by atoms with Gasteiger partial charge in [-0.25, -0.2) is 18.4 Å². The molecule has 1 amide bonds. The molecule has 1 aliphatic rings. The van der Waals surface area contributed by atoms with Gasteiger partial charge in [0.15, 0.2) is 6.61 Å². The quantitative estimate of drug-likeness (QED) is 0.423. The zero-order valence-corrected chi connectivity index (χ0v) is 20.1. The van der Waals surface area contributed by atoms with Gasteiger partial charge in [0, 0.05) is 12.1 Å². The maximum atomic E-state index is 12.6. The van der Waals surface area contributed by atoms with E-state index in [9.17, 15) is 18.0 Å². The first-order valence-corrected chi connectivity index (χ1v) is 12.7. The zero-order valence-electron chi connectivity index (χ0n) is 19.3. The number of carbonyl (C=O) groups excluding carboxylic acids is 2. The molecule has 10 heteroatoms. The monoisotopic (exact) mass is 490 g/mol. The molecular formula is C24H30N2O7S. The molecule has 0 aliphatic carbocycles. The number of piperidine rings is 1. The molecule has 2 aromatic carbocycles. The summed E-state index contributed by atoms with van der Waals surface area (Å²) < 4.78 is 38.7. The molecule has 3 rings (SSSR count). The number of amides is 1. The molecule has 0 saturated carbocycles. The summed E-state index contributed by atoms with van der Waals surface area (Å²) in [5.41, 5.74) is 0.342. The van der Waals surface area contributed by atoms with E-state index in [1.54, 1.807) is 24.3 Å². The van der Waals surface area contributed by atoms with Crippen LogP contribution in [0.15, 0.2) is 53.4 Å². The highest BCUT2D eigenvalue weighted by atomic mass is 32.2. The van der Waals surface area contributed by atoms with Gasteiger partial charge in [0.1, 0.15) is 24.7 Å². The highest BCUT2D eigenvalue weighted by molar-refractivity contribution is 7.89. The fourth-order valence-corrected chi connectivity index (χ4v) is 4.44. The molecule has 0 bridgehead atoms. The van der Waals surface area contributed by atoms with E-state index in [1.165, 1.54) is 24.3 Å². The largest absolute Gasteiger partial charge is 0.490 e. The molecule has 0 spiro atoms. The first-order chi connectivity index (χ1) is 16.1. The molecule has 34 heavy (non-hydrogen) atoms. The van der Waals surface area contributed by atoms with Crippen molar-refractivity contribution in [2.24, 2.45) is 5.14 Å². The van der Waals surface area contributed by atoms with Gasteiger partial charge in [-0.15, -0.1) is 0 Å². The number of hydrogen-bond acceptors (Lipinski definition) is 7. The van der Waals surface area contributed by atoms with Crippen molar-refractivity contribution in [3.8, 4) is 11.5 Å². The minimum Gasteiger partial charge on any atom is -0.490 e. The Morgan fingerprint density at radius 2 is 1.47 bits per heavy atom. The van der Waals surface area contributed by atoms with Crippen LogP contribution >= 0.6 is 0 Å². The molecule has 1 fully saturated rings. The van der Waals surface area contributed by atoms with Crippen LogP contribution in [0.5, 0.6) is 11.5 Å². The van der Waals surface area contributed by atoms with Crippen LogP contribution in [0.1, 0.15) is 43.5 Å². The summed E-state index contributed by atoms with van der Waals surface area (Å²) in [7, 11) is -3.76. The van der Waals surface area contributed by atoms with Gasteiger partial charge in [-0.3, -0.25) is 4.79 Å². The van der Waals surface area contributed by atoms with Gasteiger partial charge in [0.25, 0.3) is 5.91 Å². The molecular weight excluding hydrogens is 460 g/mol. The van der Waals surface area contributed by atoms with Gasteiger partial charge in [-0.2, -0.15) is 0 Å². The normalized spacial score (nSPS) is 18.3. The standard InChI is InChI=1S/C24H30N2O7S/c1-17-4-3-5-18(2)26(17)23(27)16-33-21-8-6-19(7-9-21)24(28)32-15-14-31-20-10-12-22(13-11-20)34(25,29)30/h6-13,17-18H,3-5,14-16H2,1-2H3,(H2,25,29,30)/t17-,18-/m1/s1. The van der Waals surface area contributed by atoms with E-state index in [0.29, 0.717) is 17.1 Å². The molecule has 0 radical (unpaired) electrons. The first-order valence-electron chi connectivity index (χ1n) is 11.1. The summed E-state index contributed by atoms with van der Waals surface area (Å²) in [5, 5.41) is 5.05. The van der Waals surface area contributed by atoms with E-state index in [-0.39, 0.29) is 42.7 Å². The number of rotatable bonds is 9. The highest BCUT2D eigenvalue weighted by Gasteiger charge is 2.29. The molecule has 0 unspecified atom stereocenters. The van der Waals surface area contributed by atoms with Crippen molar-refractivity contribution in [2.45, 2.75) is 50.1 Å². The topological polar surface area (TPSA) is 125 Å². The molecule has 2 N–H and O–H groups in total. The number of esters is 1. The van der Waals surface area contributed by atoms with Crippen LogP contribution in [0.25, 0.3) is 0 Å². The van der Waals surface area contributed by atoms with Crippen molar-refractivity contribution in [1.29, 1.82) is 0 Å². The second-order valence-corrected chi connectivity index (χ2v) is 9.81. The van der Waals surface area contributed by atoms with Crippen molar-refractivity contribution in [3.63, 3.8) is 0 Å². The number of nitrogens with two attached hydrogens (primary N) is 1. The number of carbonyl (C=O) groups is 2. The van der Waals surface area contributed by atoms with E-state index < -0.39 is 16.0 Å². The number of ether oxygens (including phenoxy) is 3. The second-order valence-electron chi connectivity index (χ2n) is 8.24. The average Bonchev–Trinajstić information content (AvgIpc) is 2.80. The predicted molar refractivity (Wildman–Crippen MR) is 125 cm³/mol. The summed E-state index contributed by atoms with van der Waals surface area (Å²) in [6.07, 6.45) is 3.14. The Labute approximate surface area is 199 Å². The van der Waals surface area contributed by atoms with E-state index in [2.05, 4.69) is 13.8 Å². The fourth-order valence-electron chi connectivity index (χ4n) is 3.92. The first kappa shape index (κ1) is 25.5. The SMILES string of the molecule is C[C@@H]1CCC[C@@H](C)N1C(=O)COc1ccc(C(=O)OCCOc2ccc(S(N)(=O)=O)cc2)cc1. The Morgan fingerprint density at radius 3 is 2.06 bits per heavy atom. The zero-order chi connectivity index (χ0) is 24.7. The van der Waals surface area contributed by atoms with E-state index >= 15 is 0 Å². The maximum Gasteiger partial charge on any atom is 0.338 e. The van der Waals surface area contributed by atoms with Crippen LogP contribution in [0.4, 0.5) is 0 Å². The van der Waals surface area contributed by atoms with Crippen molar-refractivity contribution in [2.75, 3.05) is 19.8 Å². The summed E-state index contributed by atoms with van der Waals surface area (Å²) in [4.78, 5) is 26.6. The van der Waals surface area contributed by atoms with Gasteiger partial charge in [0.2, 0.25) is 10.0 Å². The minimum absolute atomic E-state index is 0.00866. The van der Waals surface area contributed by atoms with E-state index in [0.717, 1.165) is 19.3 Å². The third-order valence-corrected chi connectivity index (χ3v) is 6.60. The minimum atomic E-state index is -3.76. The van der Waals surface area contributed by atoms with Gasteiger partial charge >= 0.3 is 5.97 Å². The van der Waals surface area contributed by atoms with Crippen molar-refractivity contribution >= 4 is 21.9 Å². The van der Waals surface area contributed by atoms with E-state index in [4.69, 9.17) is 19.3 Å². The van der Waals surface area contributed by atoms with E-state index in [1.807, 2.05) is 4.90 Å². The summed E-state index contributed by atoms with van der Waals surface area (Å²) in [6.45, 7) is 4.17. The van der Waals surface area contributed by atoms with Crippen LogP contribution in [0.3, 0.4) is 0 Å². The number of nitrogens with zero attached hydrogens (tertiary/aromatic N) is 1. The summed E-state index contributed by atoms with van der Waals surface area (Å²) in [5.74, 6) is 0.357. The fraction of sp³-hybridized carbons (Fsp3) is 0.417. The smallest absolute Gasteiger partial charge is 0.338 e. The molecule has 2 atom stereocenters. The van der Waals surface area contributed by atoms with Gasteiger partial charge in [0.05, 0.1) is 10.5 Å². The molecule has 2 aromatic rings. The second kappa shape index (κ2) is 11.3. The van der Waals surface area contributed by atoms with Crippen LogP contribution < -0.4 is 14.6 Å². The van der Waals surface area contributed by atoms with Crippen LogP contribution in [0, 0.1) is 0 Å². The Balaban J connectivity index is 1.41. The van der Waals surface area contributed by atoms with Gasteiger partial charge in [-0.05, 0) is 81.6 Å². The maximum absolute atomic E-state index is 12.6. The number of hydrogen-bond donors (Lipinski definition) is 1. The van der Waals surface area contributed by atoms with Crippen molar-refractivity contribution in [3.05, 3.63) is 54.1 Å². The molecule has 1 saturated heterocycles. The molecule has 1 heterocycles. The van der Waals surface area contributed by atoms with Crippen LogP contribution in [0.2, 0.25) is 0 Å². The number of benzene rings is 2. The molecule has 184 valence electrons. The van der Waals surface area contributed by atoms with Crippen LogP contribution in [-0.4, -0.2) is 57.1 Å². The number of primary sulfonamides is 1. The Kier molecular flexibility index (Phi) is 8.51. The average molecular weight is 491 g/mol. The summed E-state index contributed by atoms with van der Waals surface area (Å²) in [6, 6.07) is 12.4. The molecule has 1 aliphatic heterocycles.